The van der Waals surface area contributed by atoms with Crippen molar-refractivity contribution in [3.05, 3.63) is 20.9 Å². The molecule has 1 amide bonds. The van der Waals surface area contributed by atoms with Gasteiger partial charge in [0.2, 0.25) is 0 Å². The van der Waals surface area contributed by atoms with Crippen molar-refractivity contribution in [1.82, 2.24) is 10.4 Å². The number of nitrogens with one attached hydrogen (secondary N) is 1. The zero-order chi connectivity index (χ0) is 14.0. The third kappa shape index (κ3) is 3.11. The number of nitrogens with zero attached hydrogens (tertiary/aromatic N) is 2. The van der Waals surface area contributed by atoms with Crippen LogP contribution in [0.1, 0.15) is 36.2 Å². The Labute approximate surface area is 125 Å². The van der Waals surface area contributed by atoms with E-state index in [4.69, 9.17) is 40.5 Å². The molecular formula is C11H11Cl3N4O. The van der Waals surface area contributed by atoms with E-state index in [1.165, 1.54) is 0 Å². The first-order valence-corrected chi connectivity index (χ1v) is 6.80. The van der Waals surface area contributed by atoms with Gasteiger partial charge < -0.3 is 5.73 Å². The highest BCUT2D eigenvalue weighted by atomic mass is 35.5. The molecular weight excluding hydrogens is 311 g/mol. The Balaban J connectivity index is 2.22. The Morgan fingerprint density at radius 1 is 1.21 bits per heavy atom. The minimum atomic E-state index is -0.560. The third-order valence-corrected chi connectivity index (χ3v) is 3.92. The van der Waals surface area contributed by atoms with E-state index in [-0.39, 0.29) is 26.6 Å². The summed E-state index contributed by atoms with van der Waals surface area (Å²) in [6.45, 7) is 0. The van der Waals surface area contributed by atoms with Crippen LogP contribution in [0, 0.1) is 0 Å². The molecule has 1 aliphatic carbocycles. The van der Waals surface area contributed by atoms with Gasteiger partial charge in [0.1, 0.15) is 5.02 Å². The molecule has 0 aromatic carbocycles. The summed E-state index contributed by atoms with van der Waals surface area (Å²) in [5.41, 5.74) is 8.93. The molecule has 19 heavy (non-hydrogen) atoms. The summed E-state index contributed by atoms with van der Waals surface area (Å²) < 4.78 is 0. The van der Waals surface area contributed by atoms with Crippen molar-refractivity contribution in [3.8, 4) is 0 Å². The number of anilines is 1. The molecule has 2 rings (SSSR count). The van der Waals surface area contributed by atoms with Crippen LogP contribution in [0.15, 0.2) is 5.10 Å². The first kappa shape index (κ1) is 14.4. The molecule has 1 aromatic rings. The first-order chi connectivity index (χ1) is 9.00. The Morgan fingerprint density at radius 3 is 2.47 bits per heavy atom. The van der Waals surface area contributed by atoms with E-state index >= 15 is 0 Å². The van der Waals surface area contributed by atoms with Gasteiger partial charge in [0, 0.05) is 5.71 Å². The van der Waals surface area contributed by atoms with Gasteiger partial charge in [-0.3, -0.25) is 4.79 Å². The highest BCUT2D eigenvalue weighted by Gasteiger charge is 2.19. The topological polar surface area (TPSA) is 80.4 Å². The largest absolute Gasteiger partial charge is 0.396 e. The fourth-order valence-electron chi connectivity index (χ4n) is 1.76. The standard InChI is InChI=1S/C11H11Cl3N4O/c12-6-8(15)7(13)10(14)16-9(6)11(19)18-17-5-3-1-2-4-5/h1-4H2,(H2,15,16)(H,18,19). The number of hydrogen-bond donors (Lipinski definition) is 2. The van der Waals surface area contributed by atoms with Crippen molar-refractivity contribution >= 4 is 52.1 Å². The number of hydrogen-bond acceptors (Lipinski definition) is 4. The van der Waals surface area contributed by atoms with Gasteiger partial charge in [-0.05, 0) is 25.7 Å². The van der Waals surface area contributed by atoms with E-state index < -0.39 is 5.91 Å². The molecule has 0 saturated heterocycles. The van der Waals surface area contributed by atoms with Crippen LogP contribution >= 0.6 is 34.8 Å². The number of nitrogen functional groups attached to an aromatic ring is 1. The van der Waals surface area contributed by atoms with E-state index in [2.05, 4.69) is 15.5 Å². The van der Waals surface area contributed by atoms with Gasteiger partial charge >= 0.3 is 0 Å². The second-order valence-electron chi connectivity index (χ2n) is 4.12. The van der Waals surface area contributed by atoms with Crippen molar-refractivity contribution in [2.75, 3.05) is 5.73 Å². The molecule has 102 valence electrons. The van der Waals surface area contributed by atoms with Crippen LogP contribution in [-0.4, -0.2) is 16.6 Å². The average molecular weight is 322 g/mol. The van der Waals surface area contributed by atoms with E-state index in [0.29, 0.717) is 0 Å². The molecule has 1 heterocycles. The van der Waals surface area contributed by atoms with Crippen LogP contribution < -0.4 is 11.2 Å². The van der Waals surface area contributed by atoms with Crippen LogP contribution in [-0.2, 0) is 0 Å². The van der Waals surface area contributed by atoms with Crippen molar-refractivity contribution in [1.29, 1.82) is 0 Å². The van der Waals surface area contributed by atoms with Crippen molar-refractivity contribution in [2.45, 2.75) is 25.7 Å². The number of pyridine rings is 1. The normalized spacial score (nSPS) is 14.6. The zero-order valence-corrected chi connectivity index (χ0v) is 12.1. The van der Waals surface area contributed by atoms with E-state index in [1.807, 2.05) is 0 Å². The Kier molecular flexibility index (Phi) is 4.50. The second kappa shape index (κ2) is 5.94. The second-order valence-corrected chi connectivity index (χ2v) is 5.23. The predicted octanol–water partition coefficient (Wildman–Crippen LogP) is 3.28. The molecule has 5 nitrogen and oxygen atoms in total. The van der Waals surface area contributed by atoms with E-state index in [1.54, 1.807) is 0 Å². The first-order valence-electron chi connectivity index (χ1n) is 5.66. The summed E-state index contributed by atoms with van der Waals surface area (Å²) in [4.78, 5) is 15.7. The Hall–Kier alpha value is -1.04. The number of rotatable bonds is 2. The maximum Gasteiger partial charge on any atom is 0.291 e. The molecule has 1 aromatic heterocycles. The fourth-order valence-corrected chi connectivity index (χ4v) is 2.35. The number of nitrogens with two attached hydrogens (primary N) is 1. The van der Waals surface area contributed by atoms with Gasteiger partial charge in [-0.2, -0.15) is 5.10 Å². The summed E-state index contributed by atoms with van der Waals surface area (Å²) in [5.74, 6) is -0.560. The number of hydrazone groups is 1. The lowest BCUT2D eigenvalue weighted by Gasteiger charge is -2.08. The summed E-state index contributed by atoms with van der Waals surface area (Å²) in [5, 5.41) is 3.96. The zero-order valence-electron chi connectivity index (χ0n) is 9.84. The van der Waals surface area contributed by atoms with Crippen molar-refractivity contribution in [3.63, 3.8) is 0 Å². The molecule has 1 saturated carbocycles. The third-order valence-electron chi connectivity index (χ3n) is 2.78. The molecule has 0 aliphatic heterocycles. The molecule has 3 N–H and O–H groups in total. The molecule has 1 fully saturated rings. The molecule has 8 heteroatoms. The van der Waals surface area contributed by atoms with Gasteiger partial charge in [0.05, 0.1) is 10.7 Å². The SMILES string of the molecule is Nc1c(Cl)c(Cl)nc(C(=O)NN=C2CCCC2)c1Cl. The molecule has 0 unspecified atom stereocenters. The van der Waals surface area contributed by atoms with Gasteiger partial charge in [-0.25, -0.2) is 10.4 Å². The summed E-state index contributed by atoms with van der Waals surface area (Å²) in [6, 6.07) is 0. The minimum absolute atomic E-state index is 0.0291. The van der Waals surface area contributed by atoms with Gasteiger partial charge in [0.25, 0.3) is 5.91 Å². The van der Waals surface area contributed by atoms with E-state index in [9.17, 15) is 4.79 Å². The Bertz CT molecular complexity index is 551. The summed E-state index contributed by atoms with van der Waals surface area (Å²) >= 11 is 17.5. The van der Waals surface area contributed by atoms with Crippen LogP contribution in [0.3, 0.4) is 0 Å². The van der Waals surface area contributed by atoms with E-state index in [0.717, 1.165) is 31.4 Å². The quantitative estimate of drug-likeness (QED) is 0.648. The summed E-state index contributed by atoms with van der Waals surface area (Å²) in [7, 11) is 0. The van der Waals surface area contributed by atoms with Crippen LogP contribution in [0.5, 0.6) is 0 Å². The number of halogens is 3. The number of aromatic nitrogens is 1. The number of amides is 1. The van der Waals surface area contributed by atoms with Crippen LogP contribution in [0.4, 0.5) is 5.69 Å². The molecule has 0 bridgehead atoms. The lowest BCUT2D eigenvalue weighted by atomic mass is 10.3. The smallest absolute Gasteiger partial charge is 0.291 e. The maximum atomic E-state index is 11.9. The van der Waals surface area contributed by atoms with Gasteiger partial charge in [-0.15, -0.1) is 0 Å². The molecule has 0 spiro atoms. The molecule has 1 aliphatic rings. The monoisotopic (exact) mass is 320 g/mol. The van der Waals surface area contributed by atoms with Gasteiger partial charge in [0.15, 0.2) is 10.8 Å². The minimum Gasteiger partial charge on any atom is -0.396 e. The highest BCUT2D eigenvalue weighted by molar-refractivity contribution is 6.46. The van der Waals surface area contributed by atoms with Crippen LogP contribution in [0.25, 0.3) is 0 Å². The number of carbonyl (C=O) groups excluding carboxylic acids is 1. The van der Waals surface area contributed by atoms with Crippen molar-refractivity contribution in [2.24, 2.45) is 5.10 Å². The number of carbonyl (C=O) groups is 1. The summed E-state index contributed by atoms with van der Waals surface area (Å²) in [6.07, 6.45) is 3.97. The molecule has 0 radical (unpaired) electrons. The average Bonchev–Trinajstić information content (AvgIpc) is 2.91. The fraction of sp³-hybridized carbons (Fsp3) is 0.364. The molecule has 0 atom stereocenters. The van der Waals surface area contributed by atoms with Crippen molar-refractivity contribution < 1.29 is 4.79 Å². The maximum absolute atomic E-state index is 11.9. The lowest BCUT2D eigenvalue weighted by molar-refractivity contribution is 0.0950. The highest BCUT2D eigenvalue weighted by Crippen LogP contribution is 2.34. The predicted molar refractivity (Wildman–Crippen MR) is 77.0 cm³/mol. The Morgan fingerprint density at radius 2 is 1.84 bits per heavy atom. The lowest BCUT2D eigenvalue weighted by Crippen LogP contribution is -2.21. The van der Waals surface area contributed by atoms with Crippen LogP contribution in [0.2, 0.25) is 15.2 Å². The van der Waals surface area contributed by atoms with Gasteiger partial charge in [-0.1, -0.05) is 34.8 Å².